The summed E-state index contributed by atoms with van der Waals surface area (Å²) in [4.78, 5) is 0. The highest BCUT2D eigenvalue weighted by molar-refractivity contribution is 5.31. The second kappa shape index (κ2) is 6.66. The highest BCUT2D eigenvalue weighted by atomic mass is 19.4. The lowest BCUT2D eigenvalue weighted by Gasteiger charge is -2.30. The molecule has 0 bridgehead atoms. The van der Waals surface area contributed by atoms with Crippen molar-refractivity contribution in [2.45, 2.75) is 50.6 Å². The van der Waals surface area contributed by atoms with Crippen LogP contribution < -0.4 is 10.5 Å². The zero-order valence-electron chi connectivity index (χ0n) is 11.6. The minimum absolute atomic E-state index is 0.112. The van der Waals surface area contributed by atoms with Crippen molar-refractivity contribution in [3.8, 4) is 5.75 Å². The van der Waals surface area contributed by atoms with Crippen LogP contribution in [0.25, 0.3) is 0 Å². The van der Waals surface area contributed by atoms with Crippen LogP contribution in [0.4, 0.5) is 13.2 Å². The van der Waals surface area contributed by atoms with Gasteiger partial charge in [0.1, 0.15) is 5.75 Å². The number of rotatable bonds is 4. The summed E-state index contributed by atoms with van der Waals surface area (Å²) >= 11 is 0. The van der Waals surface area contributed by atoms with Gasteiger partial charge in [-0.3, -0.25) is 0 Å². The Labute approximate surface area is 121 Å². The second-order valence-corrected chi connectivity index (χ2v) is 5.53. The van der Waals surface area contributed by atoms with Gasteiger partial charge in [-0.05, 0) is 36.5 Å². The molecule has 0 unspecified atom stereocenters. The molecular weight excluding hydrogens is 283 g/mol. The molecule has 21 heavy (non-hydrogen) atoms. The van der Waals surface area contributed by atoms with Crippen LogP contribution in [0, 0.1) is 5.92 Å². The Hall–Kier alpha value is -1.27. The normalized spacial score (nSPS) is 20.0. The van der Waals surface area contributed by atoms with Crippen molar-refractivity contribution < 1.29 is 23.0 Å². The van der Waals surface area contributed by atoms with E-state index >= 15 is 0 Å². The Morgan fingerprint density at radius 1 is 1.19 bits per heavy atom. The quantitative estimate of drug-likeness (QED) is 0.894. The van der Waals surface area contributed by atoms with Gasteiger partial charge in [0, 0.05) is 0 Å². The van der Waals surface area contributed by atoms with Gasteiger partial charge in [-0.1, -0.05) is 31.4 Å². The van der Waals surface area contributed by atoms with Gasteiger partial charge in [-0.2, -0.15) is 0 Å². The molecule has 0 saturated heterocycles. The third-order valence-corrected chi connectivity index (χ3v) is 3.98. The molecule has 0 aliphatic heterocycles. The molecule has 118 valence electrons. The maximum Gasteiger partial charge on any atom is 0.573 e. The fourth-order valence-electron chi connectivity index (χ4n) is 2.89. The lowest BCUT2D eigenvalue weighted by molar-refractivity contribution is -0.274. The van der Waals surface area contributed by atoms with Crippen molar-refractivity contribution >= 4 is 0 Å². The first-order valence-electron chi connectivity index (χ1n) is 7.16. The van der Waals surface area contributed by atoms with E-state index in [4.69, 9.17) is 5.73 Å². The van der Waals surface area contributed by atoms with E-state index in [0.29, 0.717) is 5.56 Å². The molecule has 1 fully saturated rings. The zero-order valence-corrected chi connectivity index (χ0v) is 11.6. The van der Waals surface area contributed by atoms with Crippen LogP contribution in [0.5, 0.6) is 5.75 Å². The summed E-state index contributed by atoms with van der Waals surface area (Å²) < 4.78 is 40.5. The lowest BCUT2D eigenvalue weighted by atomic mass is 9.81. The number of benzene rings is 1. The Bertz CT molecular complexity index is 458. The maximum absolute atomic E-state index is 12.2. The molecule has 0 amide bonds. The molecule has 3 nitrogen and oxygen atoms in total. The van der Waals surface area contributed by atoms with Crippen LogP contribution in [0.2, 0.25) is 0 Å². The molecule has 3 N–H and O–H groups in total. The Balaban J connectivity index is 2.07. The van der Waals surface area contributed by atoms with Gasteiger partial charge in [-0.25, -0.2) is 0 Å². The predicted molar refractivity (Wildman–Crippen MR) is 72.6 cm³/mol. The molecular formula is C15H20F3NO2. The number of nitrogens with two attached hydrogens (primary N) is 1. The maximum atomic E-state index is 12.2. The molecule has 0 heterocycles. The van der Waals surface area contributed by atoms with Crippen LogP contribution in [-0.2, 0) is 0 Å². The first kappa shape index (κ1) is 16.1. The van der Waals surface area contributed by atoms with Crippen molar-refractivity contribution in [2.75, 3.05) is 0 Å². The molecule has 1 aromatic rings. The van der Waals surface area contributed by atoms with Gasteiger partial charge in [0.15, 0.2) is 0 Å². The van der Waals surface area contributed by atoms with Gasteiger partial charge in [0.05, 0.1) is 12.1 Å². The molecule has 1 aromatic carbocycles. The Morgan fingerprint density at radius 3 is 2.48 bits per heavy atom. The van der Waals surface area contributed by atoms with Gasteiger partial charge >= 0.3 is 6.36 Å². The van der Waals surface area contributed by atoms with E-state index in [1.807, 2.05) is 0 Å². The van der Waals surface area contributed by atoms with Crippen LogP contribution >= 0.6 is 0 Å². The molecule has 2 atom stereocenters. The molecule has 1 saturated carbocycles. The van der Waals surface area contributed by atoms with Gasteiger partial charge in [0.2, 0.25) is 0 Å². The van der Waals surface area contributed by atoms with Crippen molar-refractivity contribution in [1.29, 1.82) is 0 Å². The summed E-state index contributed by atoms with van der Waals surface area (Å²) in [5.41, 5.74) is 6.47. The average Bonchev–Trinajstić information content (AvgIpc) is 2.45. The number of hydrogen-bond donors (Lipinski definition) is 2. The topological polar surface area (TPSA) is 55.5 Å². The molecule has 0 spiro atoms. The number of aliphatic hydroxyl groups is 1. The number of halogens is 3. The zero-order chi connectivity index (χ0) is 15.5. The van der Waals surface area contributed by atoms with E-state index in [2.05, 4.69) is 4.74 Å². The standard InChI is InChI=1S/C15H20F3NO2/c16-15(17,18)21-12-8-4-7-11(9-12)13(19)14(20)10-5-2-1-3-6-10/h4,7-10,13-14,20H,1-3,5-6,19H2/t13-,14+/m1/s1. The van der Waals surface area contributed by atoms with Crippen molar-refractivity contribution in [1.82, 2.24) is 0 Å². The third-order valence-electron chi connectivity index (χ3n) is 3.98. The van der Waals surface area contributed by atoms with Crippen LogP contribution in [-0.4, -0.2) is 17.6 Å². The molecule has 0 aromatic heterocycles. The van der Waals surface area contributed by atoms with E-state index in [1.165, 1.54) is 18.2 Å². The van der Waals surface area contributed by atoms with Gasteiger partial charge in [-0.15, -0.1) is 13.2 Å². The largest absolute Gasteiger partial charge is 0.573 e. The molecule has 1 aliphatic carbocycles. The molecule has 6 heteroatoms. The Morgan fingerprint density at radius 2 is 1.86 bits per heavy atom. The van der Waals surface area contributed by atoms with Gasteiger partial charge in [0.25, 0.3) is 0 Å². The first-order valence-corrected chi connectivity index (χ1v) is 7.16. The Kier molecular flexibility index (Phi) is 5.11. The number of ether oxygens (including phenoxy) is 1. The number of hydrogen-bond acceptors (Lipinski definition) is 3. The third kappa shape index (κ3) is 4.61. The van der Waals surface area contributed by atoms with E-state index in [9.17, 15) is 18.3 Å². The fraction of sp³-hybridized carbons (Fsp3) is 0.600. The van der Waals surface area contributed by atoms with Crippen molar-refractivity contribution in [3.05, 3.63) is 29.8 Å². The van der Waals surface area contributed by atoms with Crippen LogP contribution in [0.1, 0.15) is 43.7 Å². The highest BCUT2D eigenvalue weighted by Gasteiger charge is 2.32. The minimum atomic E-state index is -4.73. The monoisotopic (exact) mass is 303 g/mol. The number of alkyl halides is 3. The highest BCUT2D eigenvalue weighted by Crippen LogP contribution is 2.32. The van der Waals surface area contributed by atoms with E-state index < -0.39 is 18.5 Å². The number of aliphatic hydroxyl groups excluding tert-OH is 1. The second-order valence-electron chi connectivity index (χ2n) is 5.53. The van der Waals surface area contributed by atoms with Crippen LogP contribution in [0.15, 0.2) is 24.3 Å². The SMILES string of the molecule is N[C@H](c1cccc(OC(F)(F)F)c1)[C@@H](O)C1CCCCC1. The fourth-order valence-corrected chi connectivity index (χ4v) is 2.89. The average molecular weight is 303 g/mol. The van der Waals surface area contributed by atoms with Gasteiger partial charge < -0.3 is 15.6 Å². The summed E-state index contributed by atoms with van der Waals surface area (Å²) in [5, 5.41) is 10.3. The molecule has 2 rings (SSSR count). The molecule has 1 aliphatic rings. The summed E-state index contributed by atoms with van der Waals surface area (Å²) in [5.74, 6) is -0.202. The van der Waals surface area contributed by atoms with Crippen molar-refractivity contribution in [2.24, 2.45) is 11.7 Å². The van der Waals surface area contributed by atoms with E-state index in [1.54, 1.807) is 6.07 Å². The van der Waals surface area contributed by atoms with E-state index in [0.717, 1.165) is 32.1 Å². The summed E-state index contributed by atoms with van der Waals surface area (Å²) in [6.45, 7) is 0. The molecule has 0 radical (unpaired) electrons. The first-order chi connectivity index (χ1) is 9.87. The lowest BCUT2D eigenvalue weighted by Crippen LogP contribution is -2.34. The summed E-state index contributed by atoms with van der Waals surface area (Å²) in [7, 11) is 0. The summed E-state index contributed by atoms with van der Waals surface area (Å²) in [6.07, 6.45) is -0.372. The van der Waals surface area contributed by atoms with Crippen LogP contribution in [0.3, 0.4) is 0 Å². The smallest absolute Gasteiger partial charge is 0.406 e. The minimum Gasteiger partial charge on any atom is -0.406 e. The predicted octanol–water partition coefficient (Wildman–Crippen LogP) is 3.53. The summed E-state index contributed by atoms with van der Waals surface area (Å²) in [6, 6.07) is 4.81. The van der Waals surface area contributed by atoms with E-state index in [-0.39, 0.29) is 11.7 Å². The van der Waals surface area contributed by atoms with Crippen molar-refractivity contribution in [3.63, 3.8) is 0 Å².